The van der Waals surface area contributed by atoms with Crippen LogP contribution in [-0.2, 0) is 16.1 Å². The molecule has 140 valence electrons. The lowest BCUT2D eigenvalue weighted by Gasteiger charge is -2.17. The third-order valence-electron chi connectivity index (χ3n) is 4.22. The molecule has 0 fully saturated rings. The SMILES string of the molecule is CC[NH+](CC(=O)NCc1cccs1)CC(=O)Nc1ccc(C(C)C)cc1. The minimum absolute atomic E-state index is 0.0377. The van der Waals surface area contributed by atoms with Crippen LogP contribution >= 0.6 is 11.3 Å². The minimum atomic E-state index is -0.0785. The molecular formula is C20H28N3O2S+. The first-order valence-electron chi connectivity index (χ1n) is 9.00. The van der Waals surface area contributed by atoms with Gasteiger partial charge in [-0.05, 0) is 42.0 Å². The first kappa shape index (κ1) is 20.1. The van der Waals surface area contributed by atoms with Crippen LogP contribution in [0.1, 0.15) is 37.1 Å². The van der Waals surface area contributed by atoms with Crippen molar-refractivity contribution >= 4 is 28.8 Å². The second-order valence-electron chi connectivity index (χ2n) is 6.64. The first-order valence-corrected chi connectivity index (χ1v) is 9.88. The number of anilines is 1. The highest BCUT2D eigenvalue weighted by molar-refractivity contribution is 7.09. The molecule has 1 aromatic heterocycles. The summed E-state index contributed by atoms with van der Waals surface area (Å²) in [5.74, 6) is 0.349. The van der Waals surface area contributed by atoms with E-state index in [0.29, 0.717) is 25.6 Å². The summed E-state index contributed by atoms with van der Waals surface area (Å²) in [5.41, 5.74) is 2.03. The summed E-state index contributed by atoms with van der Waals surface area (Å²) >= 11 is 1.62. The maximum absolute atomic E-state index is 12.3. The van der Waals surface area contributed by atoms with Gasteiger partial charge in [-0.1, -0.05) is 32.0 Å². The van der Waals surface area contributed by atoms with Gasteiger partial charge in [-0.25, -0.2) is 0 Å². The van der Waals surface area contributed by atoms with Crippen molar-refractivity contribution in [1.29, 1.82) is 0 Å². The minimum Gasteiger partial charge on any atom is -0.346 e. The lowest BCUT2D eigenvalue weighted by Crippen LogP contribution is -3.13. The lowest BCUT2D eigenvalue weighted by molar-refractivity contribution is -0.881. The largest absolute Gasteiger partial charge is 0.346 e. The van der Waals surface area contributed by atoms with E-state index in [2.05, 4.69) is 24.5 Å². The summed E-state index contributed by atoms with van der Waals surface area (Å²) in [4.78, 5) is 26.4. The van der Waals surface area contributed by atoms with Crippen LogP contribution in [0.25, 0.3) is 0 Å². The number of hydrogen-bond acceptors (Lipinski definition) is 3. The van der Waals surface area contributed by atoms with Crippen molar-refractivity contribution in [2.45, 2.75) is 33.2 Å². The van der Waals surface area contributed by atoms with Gasteiger partial charge in [0, 0.05) is 10.6 Å². The monoisotopic (exact) mass is 374 g/mol. The predicted molar refractivity (Wildman–Crippen MR) is 107 cm³/mol. The molecule has 0 saturated carbocycles. The zero-order valence-corrected chi connectivity index (χ0v) is 16.5. The molecule has 1 heterocycles. The van der Waals surface area contributed by atoms with E-state index in [1.54, 1.807) is 11.3 Å². The van der Waals surface area contributed by atoms with Gasteiger partial charge in [0.25, 0.3) is 11.8 Å². The fourth-order valence-corrected chi connectivity index (χ4v) is 3.23. The highest BCUT2D eigenvalue weighted by atomic mass is 32.1. The predicted octanol–water partition coefficient (Wildman–Crippen LogP) is 2.03. The Bertz CT molecular complexity index is 696. The number of rotatable bonds is 9. The number of carbonyl (C=O) groups excluding carboxylic acids is 2. The van der Waals surface area contributed by atoms with E-state index >= 15 is 0 Å². The standard InChI is InChI=1S/C20H27N3O2S/c1-4-23(13-19(24)21-12-18-6-5-11-26-18)14-20(25)22-17-9-7-16(8-10-17)15(2)3/h5-11,15H,4,12-14H2,1-3H3,(H,21,24)(H,22,25)/p+1. The van der Waals surface area contributed by atoms with Crippen molar-refractivity contribution < 1.29 is 14.5 Å². The van der Waals surface area contributed by atoms with Gasteiger partial charge in [0.15, 0.2) is 13.1 Å². The Labute approximate surface area is 159 Å². The van der Waals surface area contributed by atoms with Crippen LogP contribution in [0.4, 0.5) is 5.69 Å². The van der Waals surface area contributed by atoms with E-state index in [9.17, 15) is 9.59 Å². The van der Waals surface area contributed by atoms with Crippen LogP contribution in [-0.4, -0.2) is 31.4 Å². The molecule has 5 nitrogen and oxygen atoms in total. The second kappa shape index (κ2) is 10.1. The maximum atomic E-state index is 12.3. The summed E-state index contributed by atoms with van der Waals surface area (Å²) in [6.45, 7) is 8.08. The van der Waals surface area contributed by atoms with Gasteiger partial charge in [-0.3, -0.25) is 9.59 Å². The number of hydrogen-bond donors (Lipinski definition) is 3. The van der Waals surface area contributed by atoms with Gasteiger partial charge in [0.05, 0.1) is 13.1 Å². The number of amides is 2. The number of likely N-dealkylation sites (N-methyl/N-ethyl adjacent to an activating group) is 1. The van der Waals surface area contributed by atoms with Crippen molar-refractivity contribution in [2.75, 3.05) is 25.0 Å². The van der Waals surface area contributed by atoms with Crippen LogP contribution in [0.2, 0.25) is 0 Å². The molecule has 0 radical (unpaired) electrons. The molecular weight excluding hydrogens is 346 g/mol. The number of benzene rings is 1. The summed E-state index contributed by atoms with van der Waals surface area (Å²) in [7, 11) is 0. The first-order chi connectivity index (χ1) is 12.5. The average molecular weight is 375 g/mol. The van der Waals surface area contributed by atoms with Crippen molar-refractivity contribution in [3.05, 3.63) is 52.2 Å². The van der Waals surface area contributed by atoms with E-state index in [1.807, 2.05) is 48.7 Å². The molecule has 26 heavy (non-hydrogen) atoms. The van der Waals surface area contributed by atoms with Gasteiger partial charge >= 0.3 is 0 Å². The zero-order chi connectivity index (χ0) is 18.9. The zero-order valence-electron chi connectivity index (χ0n) is 15.7. The summed E-state index contributed by atoms with van der Waals surface area (Å²) < 4.78 is 0. The molecule has 6 heteroatoms. The highest BCUT2D eigenvalue weighted by Crippen LogP contribution is 2.16. The van der Waals surface area contributed by atoms with Gasteiger partial charge in [-0.15, -0.1) is 11.3 Å². The Balaban J connectivity index is 1.78. The third kappa shape index (κ3) is 6.61. The number of carbonyl (C=O) groups is 2. The van der Waals surface area contributed by atoms with Gasteiger partial charge < -0.3 is 15.5 Å². The van der Waals surface area contributed by atoms with Crippen LogP contribution in [0.15, 0.2) is 41.8 Å². The molecule has 0 aliphatic rings. The van der Waals surface area contributed by atoms with Crippen molar-refractivity contribution in [1.82, 2.24) is 5.32 Å². The molecule has 1 atom stereocenters. The maximum Gasteiger partial charge on any atom is 0.279 e. The number of thiophene rings is 1. The highest BCUT2D eigenvalue weighted by Gasteiger charge is 2.16. The van der Waals surface area contributed by atoms with E-state index in [1.165, 1.54) is 5.56 Å². The van der Waals surface area contributed by atoms with Crippen molar-refractivity contribution in [3.8, 4) is 0 Å². The molecule has 2 aromatic rings. The Morgan fingerprint density at radius 1 is 1.08 bits per heavy atom. The molecule has 1 unspecified atom stereocenters. The Kier molecular flexibility index (Phi) is 7.81. The smallest absolute Gasteiger partial charge is 0.279 e. The van der Waals surface area contributed by atoms with Crippen LogP contribution < -0.4 is 15.5 Å². The fraction of sp³-hybridized carbons (Fsp3) is 0.400. The molecule has 2 rings (SSSR count). The molecule has 0 bridgehead atoms. The number of nitrogens with one attached hydrogen (secondary N) is 3. The molecule has 2 amide bonds. The topological polar surface area (TPSA) is 62.6 Å². The van der Waals surface area contributed by atoms with Crippen LogP contribution in [0.5, 0.6) is 0 Å². The summed E-state index contributed by atoms with van der Waals surface area (Å²) in [6, 6.07) is 11.9. The number of quaternary nitrogens is 1. The van der Waals surface area contributed by atoms with Crippen molar-refractivity contribution in [2.24, 2.45) is 0 Å². The van der Waals surface area contributed by atoms with Crippen molar-refractivity contribution in [3.63, 3.8) is 0 Å². The van der Waals surface area contributed by atoms with Gasteiger partial charge in [-0.2, -0.15) is 0 Å². The van der Waals surface area contributed by atoms with Gasteiger partial charge in [0.2, 0.25) is 0 Å². The molecule has 0 aliphatic heterocycles. The average Bonchev–Trinajstić information content (AvgIpc) is 3.13. The summed E-state index contributed by atoms with van der Waals surface area (Å²) in [6.07, 6.45) is 0. The summed E-state index contributed by atoms with van der Waals surface area (Å²) in [5, 5.41) is 7.81. The molecule has 1 aromatic carbocycles. The van der Waals surface area contributed by atoms with E-state index in [4.69, 9.17) is 0 Å². The van der Waals surface area contributed by atoms with Crippen LogP contribution in [0, 0.1) is 0 Å². The molecule has 0 spiro atoms. The normalized spacial score (nSPS) is 12.0. The van der Waals surface area contributed by atoms with Crippen LogP contribution in [0.3, 0.4) is 0 Å². The Morgan fingerprint density at radius 3 is 2.35 bits per heavy atom. The lowest BCUT2D eigenvalue weighted by atomic mass is 10.0. The van der Waals surface area contributed by atoms with Gasteiger partial charge in [0.1, 0.15) is 0 Å². The Hall–Kier alpha value is -2.18. The molecule has 3 N–H and O–H groups in total. The van der Waals surface area contributed by atoms with E-state index < -0.39 is 0 Å². The van der Waals surface area contributed by atoms with E-state index in [0.717, 1.165) is 15.5 Å². The quantitative estimate of drug-likeness (QED) is 0.629. The third-order valence-corrected chi connectivity index (χ3v) is 5.10. The molecule has 0 aliphatic carbocycles. The second-order valence-corrected chi connectivity index (χ2v) is 7.67. The molecule has 0 saturated heterocycles. The van der Waals surface area contributed by atoms with E-state index in [-0.39, 0.29) is 18.4 Å². The fourth-order valence-electron chi connectivity index (χ4n) is 2.58. The Morgan fingerprint density at radius 2 is 1.77 bits per heavy atom.